The first-order valence-electron chi connectivity index (χ1n) is 7.46. The van der Waals surface area contributed by atoms with Gasteiger partial charge in [0.05, 0.1) is 11.0 Å². The number of hydrogen-bond acceptors (Lipinski definition) is 5. The molecule has 1 aromatic carbocycles. The molecule has 0 amide bonds. The van der Waals surface area contributed by atoms with E-state index in [1.54, 1.807) is 16.8 Å². The van der Waals surface area contributed by atoms with Gasteiger partial charge in [-0.15, -0.1) is 0 Å². The summed E-state index contributed by atoms with van der Waals surface area (Å²) in [6.45, 7) is 0. The molecule has 0 spiro atoms. The van der Waals surface area contributed by atoms with Crippen molar-refractivity contribution in [3.05, 3.63) is 39.2 Å². The Hall–Kier alpha value is -2.02. The van der Waals surface area contributed by atoms with Crippen LogP contribution >= 0.6 is 11.3 Å². The topological polar surface area (TPSA) is 73.3 Å². The van der Waals surface area contributed by atoms with Crippen molar-refractivity contribution < 1.29 is 4.92 Å². The van der Waals surface area contributed by atoms with Crippen LogP contribution in [0.3, 0.4) is 0 Å². The molecule has 1 heterocycles. The van der Waals surface area contributed by atoms with Crippen LogP contribution in [0.4, 0.5) is 5.69 Å². The molecule has 1 aliphatic rings. The van der Waals surface area contributed by atoms with Gasteiger partial charge in [0.2, 0.25) is 4.80 Å². The van der Waals surface area contributed by atoms with E-state index >= 15 is 0 Å². The highest BCUT2D eigenvalue weighted by Gasteiger charge is 2.13. The molecule has 0 atom stereocenters. The fourth-order valence-corrected chi connectivity index (χ4v) is 3.64. The number of benzene rings is 1. The number of aromatic nitrogens is 2. The Morgan fingerprint density at radius 3 is 2.59 bits per heavy atom. The molecule has 6 nitrogen and oxygen atoms in total. The van der Waals surface area contributed by atoms with Gasteiger partial charge in [0.15, 0.2) is 0 Å². The maximum atomic E-state index is 10.7. The average molecular weight is 318 g/mol. The van der Waals surface area contributed by atoms with Crippen LogP contribution in [-0.2, 0) is 7.05 Å². The minimum atomic E-state index is -0.393. The molecule has 1 saturated carbocycles. The standard InChI is InChI=1S/C15H18N4O2S/c1-18-15(16-12-5-3-2-4-6-12)22-14(17-18)11-7-9-13(10-8-11)19(20)21/h7-10,12H,2-6H2,1H3/b16-15-. The van der Waals surface area contributed by atoms with Gasteiger partial charge in [0, 0.05) is 24.7 Å². The second-order valence-corrected chi connectivity index (χ2v) is 6.49. The first-order chi connectivity index (χ1) is 10.6. The number of aryl methyl sites for hydroxylation is 1. The average Bonchev–Trinajstić information content (AvgIpc) is 2.89. The zero-order valence-electron chi connectivity index (χ0n) is 12.4. The summed E-state index contributed by atoms with van der Waals surface area (Å²) in [6.07, 6.45) is 6.14. The van der Waals surface area contributed by atoms with Crippen LogP contribution in [0.2, 0.25) is 0 Å². The lowest BCUT2D eigenvalue weighted by atomic mass is 9.96. The van der Waals surface area contributed by atoms with Crippen molar-refractivity contribution in [3.63, 3.8) is 0 Å². The number of nitrogens with zero attached hydrogens (tertiary/aromatic N) is 4. The summed E-state index contributed by atoms with van der Waals surface area (Å²) in [5.74, 6) is 0. The molecule has 1 aromatic heterocycles. The maximum absolute atomic E-state index is 10.7. The van der Waals surface area contributed by atoms with Crippen molar-refractivity contribution in [2.75, 3.05) is 0 Å². The third-order valence-electron chi connectivity index (χ3n) is 3.90. The Labute approximate surface area is 132 Å². The van der Waals surface area contributed by atoms with Crippen LogP contribution in [0, 0.1) is 10.1 Å². The van der Waals surface area contributed by atoms with Crippen molar-refractivity contribution >= 4 is 17.0 Å². The van der Waals surface area contributed by atoms with Gasteiger partial charge < -0.3 is 0 Å². The van der Waals surface area contributed by atoms with Gasteiger partial charge in [-0.1, -0.05) is 30.6 Å². The predicted molar refractivity (Wildman–Crippen MR) is 85.6 cm³/mol. The van der Waals surface area contributed by atoms with E-state index in [2.05, 4.69) is 5.10 Å². The van der Waals surface area contributed by atoms with Gasteiger partial charge >= 0.3 is 0 Å². The molecule has 2 aromatic rings. The number of non-ortho nitro benzene ring substituents is 1. The molecule has 1 aliphatic carbocycles. The highest BCUT2D eigenvalue weighted by molar-refractivity contribution is 7.12. The predicted octanol–water partition coefficient (Wildman–Crippen LogP) is 3.29. The molecule has 0 N–H and O–H groups in total. The Bertz CT molecular complexity index is 727. The zero-order chi connectivity index (χ0) is 15.5. The highest BCUT2D eigenvalue weighted by Crippen LogP contribution is 2.23. The fraction of sp³-hybridized carbons (Fsp3) is 0.467. The highest BCUT2D eigenvalue weighted by atomic mass is 32.1. The van der Waals surface area contributed by atoms with Crippen molar-refractivity contribution in [2.24, 2.45) is 12.0 Å². The van der Waals surface area contributed by atoms with Gasteiger partial charge in [-0.25, -0.2) is 4.68 Å². The molecule has 0 saturated heterocycles. The quantitative estimate of drug-likeness (QED) is 0.644. The molecular weight excluding hydrogens is 300 g/mol. The van der Waals surface area contributed by atoms with E-state index in [0.29, 0.717) is 6.04 Å². The van der Waals surface area contributed by atoms with Crippen molar-refractivity contribution in [3.8, 4) is 10.6 Å². The SMILES string of the molecule is Cn1nc(-c2ccc([N+](=O)[O-])cc2)s/c1=N\C1CCCCC1. The largest absolute Gasteiger partial charge is 0.269 e. The normalized spacial score (nSPS) is 16.9. The lowest BCUT2D eigenvalue weighted by Gasteiger charge is -2.16. The number of hydrogen-bond donors (Lipinski definition) is 0. The van der Waals surface area contributed by atoms with E-state index in [4.69, 9.17) is 4.99 Å². The second kappa shape index (κ2) is 6.39. The molecule has 22 heavy (non-hydrogen) atoms. The van der Waals surface area contributed by atoms with Gasteiger partial charge in [-0.3, -0.25) is 15.1 Å². The van der Waals surface area contributed by atoms with Crippen molar-refractivity contribution in [1.29, 1.82) is 0 Å². The summed E-state index contributed by atoms with van der Waals surface area (Å²) < 4.78 is 1.80. The lowest BCUT2D eigenvalue weighted by Crippen LogP contribution is -2.18. The van der Waals surface area contributed by atoms with Gasteiger partial charge in [-0.2, -0.15) is 5.10 Å². The Morgan fingerprint density at radius 2 is 1.95 bits per heavy atom. The van der Waals surface area contributed by atoms with E-state index in [0.717, 1.165) is 28.2 Å². The summed E-state index contributed by atoms with van der Waals surface area (Å²) >= 11 is 1.54. The van der Waals surface area contributed by atoms with E-state index in [9.17, 15) is 10.1 Å². The maximum Gasteiger partial charge on any atom is 0.269 e. The minimum Gasteiger partial charge on any atom is -0.258 e. The fourth-order valence-electron chi connectivity index (χ4n) is 2.67. The molecule has 0 radical (unpaired) electrons. The monoisotopic (exact) mass is 318 g/mol. The summed E-state index contributed by atoms with van der Waals surface area (Å²) in [6, 6.07) is 6.90. The van der Waals surface area contributed by atoms with E-state index in [1.807, 2.05) is 7.05 Å². The Kier molecular flexibility index (Phi) is 4.33. The van der Waals surface area contributed by atoms with Crippen LogP contribution < -0.4 is 4.80 Å². The molecule has 3 rings (SSSR count). The smallest absolute Gasteiger partial charge is 0.258 e. The molecule has 116 valence electrons. The second-order valence-electron chi connectivity index (χ2n) is 5.54. The third kappa shape index (κ3) is 3.24. The van der Waals surface area contributed by atoms with Crippen LogP contribution in [0.5, 0.6) is 0 Å². The minimum absolute atomic E-state index is 0.0943. The van der Waals surface area contributed by atoms with Crippen LogP contribution in [0.25, 0.3) is 10.6 Å². The molecule has 7 heteroatoms. The van der Waals surface area contributed by atoms with E-state index in [-0.39, 0.29) is 5.69 Å². The summed E-state index contributed by atoms with van der Waals surface area (Å²) in [5, 5.41) is 16.0. The van der Waals surface area contributed by atoms with Gasteiger partial charge in [0.25, 0.3) is 5.69 Å². The summed E-state index contributed by atoms with van der Waals surface area (Å²) in [7, 11) is 1.90. The first kappa shape index (κ1) is 14.9. The summed E-state index contributed by atoms with van der Waals surface area (Å²) in [5.41, 5.74) is 0.980. The van der Waals surface area contributed by atoms with Crippen LogP contribution in [0.1, 0.15) is 32.1 Å². The van der Waals surface area contributed by atoms with Gasteiger partial charge in [0.1, 0.15) is 5.01 Å². The van der Waals surface area contributed by atoms with Crippen LogP contribution in [-0.4, -0.2) is 20.7 Å². The molecule has 0 bridgehead atoms. The van der Waals surface area contributed by atoms with Crippen LogP contribution in [0.15, 0.2) is 29.3 Å². The van der Waals surface area contributed by atoms with Gasteiger partial charge in [-0.05, 0) is 25.0 Å². The number of rotatable bonds is 3. The van der Waals surface area contributed by atoms with Crippen molar-refractivity contribution in [1.82, 2.24) is 9.78 Å². The number of nitro groups is 1. The summed E-state index contributed by atoms with van der Waals surface area (Å²) in [4.78, 5) is 16.0. The third-order valence-corrected chi connectivity index (χ3v) is 4.96. The Morgan fingerprint density at radius 1 is 1.27 bits per heavy atom. The number of nitro benzene ring substituents is 1. The Balaban J connectivity index is 1.88. The van der Waals surface area contributed by atoms with E-state index in [1.165, 1.54) is 42.7 Å². The molecule has 1 fully saturated rings. The zero-order valence-corrected chi connectivity index (χ0v) is 13.3. The first-order valence-corrected chi connectivity index (χ1v) is 8.28. The lowest BCUT2D eigenvalue weighted by molar-refractivity contribution is -0.384. The van der Waals surface area contributed by atoms with Crippen molar-refractivity contribution in [2.45, 2.75) is 38.1 Å². The molecular formula is C15H18N4O2S. The molecule has 0 unspecified atom stereocenters. The van der Waals surface area contributed by atoms with E-state index < -0.39 is 4.92 Å². The molecule has 0 aliphatic heterocycles.